The highest BCUT2D eigenvalue weighted by atomic mass is 16.6. The van der Waals surface area contributed by atoms with E-state index in [1.165, 1.54) is 6.20 Å². The van der Waals surface area contributed by atoms with Gasteiger partial charge in [-0.15, -0.1) is 0 Å². The van der Waals surface area contributed by atoms with E-state index < -0.39 is 18.0 Å². The van der Waals surface area contributed by atoms with Crippen molar-refractivity contribution in [3.8, 4) is 5.75 Å². The van der Waals surface area contributed by atoms with Crippen LogP contribution in [0.25, 0.3) is 6.08 Å². The number of pyridine rings is 1. The van der Waals surface area contributed by atoms with Crippen molar-refractivity contribution < 1.29 is 23.8 Å². The normalized spacial score (nSPS) is 18.8. The molecule has 2 aliphatic heterocycles. The number of rotatable bonds is 6. The van der Waals surface area contributed by atoms with E-state index in [1.54, 1.807) is 24.4 Å². The number of hydrogen-bond acceptors (Lipinski definition) is 6. The molecular formula is C22H22N2O5. The molecule has 7 heteroatoms. The van der Waals surface area contributed by atoms with E-state index in [0.717, 1.165) is 18.4 Å². The summed E-state index contributed by atoms with van der Waals surface area (Å²) in [5.74, 6) is -0.289. The number of carbonyl (C=O) groups excluding carboxylic acids is 2. The van der Waals surface area contributed by atoms with Gasteiger partial charge >= 0.3 is 5.97 Å². The summed E-state index contributed by atoms with van der Waals surface area (Å²) in [5, 5.41) is 2.83. The molecular weight excluding hydrogens is 372 g/mol. The maximum absolute atomic E-state index is 12.8. The van der Waals surface area contributed by atoms with E-state index in [4.69, 9.17) is 14.2 Å². The van der Waals surface area contributed by atoms with Crippen molar-refractivity contribution in [2.45, 2.75) is 25.0 Å². The monoisotopic (exact) mass is 394 g/mol. The van der Waals surface area contributed by atoms with Crippen LogP contribution in [0.1, 0.15) is 30.1 Å². The second kappa shape index (κ2) is 8.87. The lowest BCUT2D eigenvalue weighted by molar-refractivity contribution is -0.153. The fourth-order valence-electron chi connectivity index (χ4n) is 3.33. The quantitative estimate of drug-likeness (QED) is 0.758. The first-order valence-electron chi connectivity index (χ1n) is 9.63. The molecule has 2 unspecified atom stereocenters. The third kappa shape index (κ3) is 4.63. The molecule has 7 nitrogen and oxygen atoms in total. The number of nitrogens with zero attached hydrogens (tertiary/aromatic N) is 1. The Balaban J connectivity index is 1.48. The van der Waals surface area contributed by atoms with Crippen molar-refractivity contribution in [2.24, 2.45) is 0 Å². The van der Waals surface area contributed by atoms with Gasteiger partial charge in [-0.3, -0.25) is 9.78 Å². The lowest BCUT2D eigenvalue weighted by atomic mass is 10.1. The van der Waals surface area contributed by atoms with Crippen LogP contribution in [0.5, 0.6) is 5.75 Å². The standard InChI is InChI=1S/C22H22N2O5/c25-21(24-13-18-7-4-10-27-18)20(16-6-3-9-23-12-16)29-22(26)17-11-15-5-1-2-8-19(15)28-14-17/h1-3,5-6,8-9,11-12,18,20H,4,7,10,13-14H2,(H,24,25). The lowest BCUT2D eigenvalue weighted by Gasteiger charge is -2.21. The van der Waals surface area contributed by atoms with Crippen LogP contribution in [0.3, 0.4) is 0 Å². The summed E-state index contributed by atoms with van der Waals surface area (Å²) in [6, 6.07) is 10.8. The number of fused-ring (bicyclic) bond motifs is 1. The highest BCUT2D eigenvalue weighted by molar-refractivity contribution is 5.97. The van der Waals surface area contributed by atoms with Gasteiger partial charge in [0.25, 0.3) is 5.91 Å². The van der Waals surface area contributed by atoms with Gasteiger partial charge in [0.2, 0.25) is 6.10 Å². The van der Waals surface area contributed by atoms with Crippen LogP contribution in [-0.4, -0.2) is 42.7 Å². The largest absolute Gasteiger partial charge is 0.488 e. The summed E-state index contributed by atoms with van der Waals surface area (Å²) < 4.78 is 16.7. The molecule has 150 valence electrons. The van der Waals surface area contributed by atoms with Crippen LogP contribution in [0, 0.1) is 0 Å². The van der Waals surface area contributed by atoms with Crippen molar-refractivity contribution in [3.05, 3.63) is 65.5 Å². The number of carbonyl (C=O) groups is 2. The number of benzene rings is 1. The first-order valence-corrected chi connectivity index (χ1v) is 9.63. The van der Waals surface area contributed by atoms with Crippen LogP contribution in [0.4, 0.5) is 0 Å². The van der Waals surface area contributed by atoms with Gasteiger partial charge in [0.1, 0.15) is 12.4 Å². The predicted molar refractivity (Wildman–Crippen MR) is 105 cm³/mol. The molecule has 1 N–H and O–H groups in total. The van der Waals surface area contributed by atoms with E-state index in [0.29, 0.717) is 30.0 Å². The molecule has 0 spiro atoms. The number of para-hydroxylation sites is 1. The molecule has 0 bridgehead atoms. The van der Waals surface area contributed by atoms with Gasteiger partial charge in [-0.2, -0.15) is 0 Å². The Hall–Kier alpha value is -3.19. The van der Waals surface area contributed by atoms with Crippen LogP contribution in [0.15, 0.2) is 54.4 Å². The van der Waals surface area contributed by atoms with Crippen molar-refractivity contribution in [3.63, 3.8) is 0 Å². The van der Waals surface area contributed by atoms with Gasteiger partial charge in [0.05, 0.1) is 11.7 Å². The minimum absolute atomic E-state index is 0.00449. The molecule has 2 aromatic rings. The first kappa shape index (κ1) is 19.1. The minimum Gasteiger partial charge on any atom is -0.488 e. The van der Waals surface area contributed by atoms with Gasteiger partial charge in [0.15, 0.2) is 0 Å². The van der Waals surface area contributed by atoms with Crippen LogP contribution in [0.2, 0.25) is 0 Å². The molecule has 2 aliphatic rings. The summed E-state index contributed by atoms with van der Waals surface area (Å²) >= 11 is 0. The Kier molecular flexibility index (Phi) is 5.86. The molecule has 29 heavy (non-hydrogen) atoms. The van der Waals surface area contributed by atoms with Gasteiger partial charge in [-0.05, 0) is 31.1 Å². The Morgan fingerprint density at radius 2 is 2.14 bits per heavy atom. The Morgan fingerprint density at radius 3 is 2.93 bits per heavy atom. The Morgan fingerprint density at radius 1 is 1.24 bits per heavy atom. The summed E-state index contributed by atoms with van der Waals surface area (Å²) in [6.07, 6.45) is 5.63. The molecule has 1 aromatic heterocycles. The highest BCUT2D eigenvalue weighted by Crippen LogP contribution is 2.27. The summed E-state index contributed by atoms with van der Waals surface area (Å²) in [7, 11) is 0. The SMILES string of the molecule is O=C(OC(C(=O)NCC1CCCO1)c1cccnc1)C1=Cc2ccccc2OC1. The van der Waals surface area contributed by atoms with Crippen molar-refractivity contribution >= 4 is 18.0 Å². The van der Waals surface area contributed by atoms with E-state index in [2.05, 4.69) is 10.3 Å². The van der Waals surface area contributed by atoms with Gasteiger partial charge in [-0.1, -0.05) is 24.3 Å². The summed E-state index contributed by atoms with van der Waals surface area (Å²) in [4.78, 5) is 29.6. The molecule has 1 fully saturated rings. The predicted octanol–water partition coefficient (Wildman–Crippen LogP) is 2.44. The second-order valence-corrected chi connectivity index (χ2v) is 6.95. The van der Waals surface area contributed by atoms with Crippen molar-refractivity contribution in [2.75, 3.05) is 19.8 Å². The average Bonchev–Trinajstić information content (AvgIpc) is 3.29. The summed E-state index contributed by atoms with van der Waals surface area (Å²) in [5.41, 5.74) is 1.65. The highest BCUT2D eigenvalue weighted by Gasteiger charge is 2.29. The van der Waals surface area contributed by atoms with Crippen LogP contribution in [-0.2, 0) is 19.1 Å². The van der Waals surface area contributed by atoms with E-state index in [-0.39, 0.29) is 12.7 Å². The van der Waals surface area contributed by atoms with Crippen LogP contribution >= 0.6 is 0 Å². The molecule has 4 rings (SSSR count). The number of ether oxygens (including phenoxy) is 3. The molecule has 0 radical (unpaired) electrons. The molecule has 0 aliphatic carbocycles. The third-order valence-electron chi connectivity index (χ3n) is 4.87. The second-order valence-electron chi connectivity index (χ2n) is 6.95. The Bertz CT molecular complexity index is 906. The first-order chi connectivity index (χ1) is 14.2. The molecule has 0 saturated carbocycles. The molecule has 1 amide bonds. The van der Waals surface area contributed by atoms with Crippen molar-refractivity contribution in [1.82, 2.24) is 10.3 Å². The van der Waals surface area contributed by atoms with Crippen LogP contribution < -0.4 is 10.1 Å². The zero-order valence-corrected chi connectivity index (χ0v) is 15.9. The lowest BCUT2D eigenvalue weighted by Crippen LogP contribution is -2.37. The third-order valence-corrected chi connectivity index (χ3v) is 4.87. The van der Waals surface area contributed by atoms with Gasteiger partial charge in [-0.25, -0.2) is 4.79 Å². The zero-order valence-electron chi connectivity index (χ0n) is 15.9. The topological polar surface area (TPSA) is 86.8 Å². The number of hydrogen-bond donors (Lipinski definition) is 1. The van der Waals surface area contributed by atoms with Crippen molar-refractivity contribution in [1.29, 1.82) is 0 Å². The molecule has 1 aromatic carbocycles. The number of aromatic nitrogens is 1. The molecule has 2 atom stereocenters. The average molecular weight is 394 g/mol. The van der Waals surface area contributed by atoms with E-state index in [9.17, 15) is 9.59 Å². The number of nitrogens with one attached hydrogen (secondary N) is 1. The smallest absolute Gasteiger partial charge is 0.338 e. The van der Waals surface area contributed by atoms with Gasteiger partial charge < -0.3 is 19.5 Å². The number of esters is 1. The number of amides is 1. The summed E-state index contributed by atoms with van der Waals surface area (Å²) in [6.45, 7) is 1.18. The zero-order chi connectivity index (χ0) is 20.1. The Labute approximate surface area is 168 Å². The minimum atomic E-state index is -1.10. The fraction of sp³-hybridized carbons (Fsp3) is 0.318. The van der Waals surface area contributed by atoms with Gasteiger partial charge in [0, 0.05) is 36.7 Å². The molecule has 3 heterocycles. The maximum Gasteiger partial charge on any atom is 0.338 e. The van der Waals surface area contributed by atoms with E-state index in [1.807, 2.05) is 24.3 Å². The molecule has 1 saturated heterocycles. The maximum atomic E-state index is 12.8. The van der Waals surface area contributed by atoms with E-state index >= 15 is 0 Å². The fourth-order valence-corrected chi connectivity index (χ4v) is 3.33.